The Labute approximate surface area is 437 Å². The maximum Gasteiger partial charge on any atom is 0.341 e. The standard InChI is InChI=1S/C65H42N2O10/c1-66-45-27-15-3-9-21-39(45)54(60(66)68)51(55-40-22-10-4-16-28-46(40)67(2)61(55)69)36-33-37(52(56-41-23-11-5-17-29-47(41)74-62(56)70)57-42-24-12-6-18-30-48(42)75-63(57)71)35-38(34-36)53(58-43-25-13-7-19-31-49(43)76-64(58)72)59-44-26-14-8-20-32-50(44)77-65(59)73/h3-35,51-53H,1-2H3. The van der Waals surface area contributed by atoms with Crippen LogP contribution in [0.3, 0.4) is 0 Å². The van der Waals surface area contributed by atoms with Gasteiger partial charge in [-0.3, -0.25) is 9.59 Å². The summed E-state index contributed by atoms with van der Waals surface area (Å²) in [7, 11) is 3.36. The Balaban J connectivity index is 1.24. The van der Waals surface area contributed by atoms with Crippen LogP contribution in [0.2, 0.25) is 0 Å². The average Bonchev–Trinajstić information content (AvgIpc) is 3.86. The van der Waals surface area contributed by atoms with E-state index in [1.54, 1.807) is 163 Å². The van der Waals surface area contributed by atoms with Crippen LogP contribution in [0.4, 0.5) is 0 Å². The second kappa shape index (κ2) is 18.3. The highest BCUT2D eigenvalue weighted by molar-refractivity contribution is 5.78. The van der Waals surface area contributed by atoms with Crippen molar-refractivity contribution in [3.8, 4) is 67.8 Å². The predicted octanol–water partition coefficient (Wildman–Crippen LogP) is 11.1. The van der Waals surface area contributed by atoms with Crippen LogP contribution in [0.15, 0.2) is 247 Å². The number of benzene rings is 1. The second-order valence-corrected chi connectivity index (χ2v) is 19.2. The molecule has 372 valence electrons. The fourth-order valence-corrected chi connectivity index (χ4v) is 11.6. The third kappa shape index (κ3) is 7.43. The molecule has 12 aliphatic rings. The van der Waals surface area contributed by atoms with Crippen LogP contribution >= 0.6 is 0 Å². The first-order valence-corrected chi connectivity index (χ1v) is 24.9. The molecule has 1 aromatic carbocycles. The van der Waals surface area contributed by atoms with E-state index in [9.17, 15) is 19.2 Å². The first kappa shape index (κ1) is 46.6. The topological polar surface area (TPSA) is 165 Å². The lowest BCUT2D eigenvalue weighted by Crippen LogP contribution is -2.24. The number of furan rings is 4. The van der Waals surface area contributed by atoms with Gasteiger partial charge >= 0.3 is 22.5 Å². The normalized spacial score (nSPS) is 11.9. The highest BCUT2D eigenvalue weighted by Gasteiger charge is 2.40. The summed E-state index contributed by atoms with van der Waals surface area (Å²) in [6, 6.07) is 58.6. The van der Waals surface area contributed by atoms with Gasteiger partial charge in [0.25, 0.3) is 11.1 Å². The van der Waals surface area contributed by atoms with Crippen molar-refractivity contribution < 1.29 is 17.7 Å². The highest BCUT2D eigenvalue weighted by atomic mass is 16.4. The van der Waals surface area contributed by atoms with Crippen molar-refractivity contribution in [3.63, 3.8) is 0 Å². The van der Waals surface area contributed by atoms with E-state index in [0.717, 1.165) is 0 Å². The van der Waals surface area contributed by atoms with Gasteiger partial charge in [-0.15, -0.1) is 0 Å². The van der Waals surface area contributed by atoms with Crippen molar-refractivity contribution in [1.29, 1.82) is 0 Å². The highest BCUT2D eigenvalue weighted by Crippen LogP contribution is 2.48. The fourth-order valence-electron chi connectivity index (χ4n) is 11.6. The molecular weight excluding hydrogens is 969 g/mol. The zero-order valence-corrected chi connectivity index (χ0v) is 41.3. The van der Waals surface area contributed by atoms with Crippen LogP contribution in [-0.2, 0) is 14.1 Å². The monoisotopic (exact) mass is 1010 g/mol. The maximum absolute atomic E-state index is 15.4. The molecule has 1 aromatic rings. The maximum atomic E-state index is 15.4. The van der Waals surface area contributed by atoms with Gasteiger partial charge in [0.2, 0.25) is 0 Å². The number of nitrogens with zero attached hydrogens (tertiary/aromatic N) is 2. The van der Waals surface area contributed by atoms with Gasteiger partial charge in [0.1, 0.15) is 23.0 Å². The van der Waals surface area contributed by atoms with E-state index in [0.29, 0.717) is 61.5 Å². The minimum absolute atomic E-state index is 0.0951. The summed E-state index contributed by atoms with van der Waals surface area (Å²) in [5.74, 6) is -2.79. The number of rotatable bonds is 9. The third-order valence-corrected chi connectivity index (χ3v) is 15.0. The first-order chi connectivity index (χ1) is 37.6. The van der Waals surface area contributed by atoms with Crippen molar-refractivity contribution >= 4 is 0 Å². The summed E-state index contributed by atoms with van der Waals surface area (Å²) < 4.78 is 27.3. The van der Waals surface area contributed by atoms with E-state index in [-0.39, 0.29) is 67.5 Å². The van der Waals surface area contributed by atoms with E-state index >= 15 is 9.59 Å². The van der Waals surface area contributed by atoms with E-state index in [1.165, 1.54) is 0 Å². The third-order valence-electron chi connectivity index (χ3n) is 15.0. The molecule has 0 bridgehead atoms. The molecule has 0 radical (unpaired) electrons. The van der Waals surface area contributed by atoms with Crippen LogP contribution < -0.4 is 33.6 Å². The molecule has 0 saturated heterocycles. The van der Waals surface area contributed by atoms with E-state index in [1.807, 2.05) is 60.7 Å². The van der Waals surface area contributed by atoms with Crippen LogP contribution in [0.1, 0.15) is 67.8 Å². The molecule has 12 nitrogen and oxygen atoms in total. The lowest BCUT2D eigenvalue weighted by molar-refractivity contribution is 0.533. The molecule has 0 N–H and O–H groups in total. The van der Waals surface area contributed by atoms with Crippen LogP contribution in [-0.4, -0.2) is 9.13 Å². The van der Waals surface area contributed by atoms with Crippen LogP contribution in [0, 0.1) is 0 Å². The zero-order chi connectivity index (χ0) is 52.6. The molecule has 0 unspecified atom stereocenters. The predicted molar refractivity (Wildman–Crippen MR) is 292 cm³/mol. The number of aromatic nitrogens is 2. The molecule has 0 aromatic heterocycles. The van der Waals surface area contributed by atoms with Crippen molar-refractivity contribution in [2.24, 2.45) is 14.1 Å². The minimum Gasteiger partial charge on any atom is -0.422 e. The average molecular weight is 1010 g/mol. The molecule has 0 fully saturated rings. The van der Waals surface area contributed by atoms with Gasteiger partial charge in [0.15, 0.2) is 0 Å². The second-order valence-electron chi connectivity index (χ2n) is 19.2. The van der Waals surface area contributed by atoms with Gasteiger partial charge in [0, 0.05) is 76.4 Å². The molecule has 12 heteroatoms. The Bertz CT molecular complexity index is 4170. The lowest BCUT2D eigenvalue weighted by atomic mass is 9.75. The molecule has 0 spiro atoms. The van der Waals surface area contributed by atoms with Crippen molar-refractivity contribution in [2.45, 2.75) is 17.8 Å². The number of hydrogen-bond donors (Lipinski definition) is 0. The molecular formula is C65H42N2O10. The van der Waals surface area contributed by atoms with Crippen molar-refractivity contribution in [2.75, 3.05) is 0 Å². The summed E-state index contributed by atoms with van der Waals surface area (Å²) in [5, 5.41) is 0. The molecule has 6 heterocycles. The van der Waals surface area contributed by atoms with Crippen molar-refractivity contribution in [1.82, 2.24) is 9.13 Å². The fraction of sp³-hybridized carbons (Fsp3) is 0.0769. The Morgan fingerprint density at radius 1 is 0.286 bits per heavy atom. The molecule has 6 aliphatic heterocycles. The Kier molecular flexibility index (Phi) is 11.1. The van der Waals surface area contributed by atoms with Gasteiger partial charge in [-0.2, -0.15) is 0 Å². The summed E-state index contributed by atoms with van der Waals surface area (Å²) >= 11 is 0. The van der Waals surface area contributed by atoms with Gasteiger partial charge in [0.05, 0.1) is 33.6 Å². The summed E-state index contributed by atoms with van der Waals surface area (Å²) in [6.45, 7) is 0. The quantitative estimate of drug-likeness (QED) is 0.136. The largest absolute Gasteiger partial charge is 0.422 e. The van der Waals surface area contributed by atoms with E-state index in [4.69, 9.17) is 17.7 Å². The van der Waals surface area contributed by atoms with E-state index in [2.05, 4.69) is 0 Å². The lowest BCUT2D eigenvalue weighted by Gasteiger charge is -2.25. The smallest absolute Gasteiger partial charge is 0.341 e. The van der Waals surface area contributed by atoms with Gasteiger partial charge in [-0.25, -0.2) is 19.2 Å². The molecule has 0 atom stereocenters. The molecule has 13 rings (SSSR count). The molecule has 6 aliphatic carbocycles. The summed E-state index contributed by atoms with van der Waals surface area (Å²) in [5.41, 5.74) is 2.05. The Morgan fingerprint density at radius 2 is 0.519 bits per heavy atom. The minimum atomic E-state index is -1.30. The van der Waals surface area contributed by atoms with Gasteiger partial charge in [-0.05, 0) is 53.1 Å². The van der Waals surface area contributed by atoms with E-state index < -0.39 is 40.3 Å². The molecule has 77 heavy (non-hydrogen) atoms. The van der Waals surface area contributed by atoms with Gasteiger partial charge < -0.3 is 26.8 Å². The molecule has 0 amide bonds. The Hall–Kier alpha value is -10.2. The summed E-state index contributed by atoms with van der Waals surface area (Å²) in [6.07, 6.45) is 0. The number of hydrogen-bond acceptors (Lipinski definition) is 10. The molecule has 0 saturated carbocycles. The van der Waals surface area contributed by atoms with Crippen molar-refractivity contribution in [3.05, 3.63) is 313 Å². The van der Waals surface area contributed by atoms with Crippen LogP contribution in [0.25, 0.3) is 67.8 Å². The zero-order valence-electron chi connectivity index (χ0n) is 41.3. The summed E-state index contributed by atoms with van der Waals surface area (Å²) in [4.78, 5) is 90.4. The first-order valence-electron chi connectivity index (χ1n) is 24.9. The number of fused-ring (bicyclic) bond motifs is 6. The van der Waals surface area contributed by atoms with Crippen LogP contribution in [0.5, 0.6) is 0 Å². The van der Waals surface area contributed by atoms with Gasteiger partial charge in [-0.1, -0.05) is 164 Å². The SMILES string of the molecule is Cn1c2cccccc-2c(C(c2cc(C(c3c4cccccc-4oc3=O)c3c4cccccc-4oc3=O)cc(C(c3c4cccccc-4oc3=O)c3c4cccccc-4oc3=O)c2)c2c3cccccc-3n(C)c2=O)c1=O. The Morgan fingerprint density at radius 3 is 0.805 bits per heavy atom.